The molecule has 0 bridgehead atoms. The third kappa shape index (κ3) is 2.68. The predicted molar refractivity (Wildman–Crippen MR) is 87.5 cm³/mol. The van der Waals surface area contributed by atoms with Crippen molar-refractivity contribution in [2.75, 3.05) is 7.11 Å². The van der Waals surface area contributed by atoms with Crippen molar-refractivity contribution >= 4 is 17.1 Å². The van der Waals surface area contributed by atoms with Gasteiger partial charge in [0, 0.05) is 11.5 Å². The first kappa shape index (κ1) is 16.5. The average Bonchev–Trinajstić information content (AvgIpc) is 2.96. The standard InChI is InChI=1S/C18H16O8/c1-18(2)15(21-3)13-14(25-17(20)24-13)16(26-18)22-10-5-6-11-9(8-10)4-7-12(19)23-11/h4-8,14,16H,1-3H3. The Morgan fingerprint density at radius 1 is 1.12 bits per heavy atom. The smallest absolute Gasteiger partial charge is 0.494 e. The number of hydrogen-bond donors (Lipinski definition) is 0. The van der Waals surface area contributed by atoms with Crippen molar-refractivity contribution in [1.29, 1.82) is 0 Å². The maximum atomic E-state index is 11.6. The van der Waals surface area contributed by atoms with E-state index in [4.69, 9.17) is 28.1 Å². The van der Waals surface area contributed by atoms with Crippen LogP contribution >= 0.6 is 0 Å². The molecule has 26 heavy (non-hydrogen) atoms. The molecule has 1 saturated heterocycles. The first-order valence-electron chi connectivity index (χ1n) is 7.93. The van der Waals surface area contributed by atoms with E-state index in [1.54, 1.807) is 38.1 Å². The lowest BCUT2D eigenvalue weighted by molar-refractivity contribution is -0.202. The van der Waals surface area contributed by atoms with Crippen LogP contribution in [0.2, 0.25) is 0 Å². The third-order valence-corrected chi connectivity index (χ3v) is 4.15. The zero-order valence-electron chi connectivity index (χ0n) is 14.3. The Hall–Kier alpha value is -3.00. The molecule has 8 heteroatoms. The molecule has 1 fully saturated rings. The number of fused-ring (bicyclic) bond motifs is 2. The molecule has 2 aromatic rings. The van der Waals surface area contributed by atoms with Gasteiger partial charge in [0.05, 0.1) is 7.11 Å². The predicted octanol–water partition coefficient (Wildman–Crippen LogP) is 2.70. The summed E-state index contributed by atoms with van der Waals surface area (Å²) < 4.78 is 32.6. The van der Waals surface area contributed by atoms with E-state index in [0.717, 1.165) is 0 Å². The maximum Gasteiger partial charge on any atom is 0.514 e. The van der Waals surface area contributed by atoms with Crippen LogP contribution in [0.4, 0.5) is 4.79 Å². The van der Waals surface area contributed by atoms with Crippen LogP contribution < -0.4 is 10.4 Å². The molecule has 2 aliphatic rings. The van der Waals surface area contributed by atoms with E-state index in [2.05, 4.69) is 0 Å². The SMILES string of the molecule is COC1=C2OC(=O)OC2C(Oc2ccc3oc(=O)ccc3c2)OC1(C)C. The fourth-order valence-electron chi connectivity index (χ4n) is 3.08. The Morgan fingerprint density at radius 3 is 2.69 bits per heavy atom. The van der Waals surface area contributed by atoms with Crippen molar-refractivity contribution in [3.63, 3.8) is 0 Å². The quantitative estimate of drug-likeness (QED) is 0.609. The first-order chi connectivity index (χ1) is 12.4. The van der Waals surface area contributed by atoms with Crippen molar-refractivity contribution in [1.82, 2.24) is 0 Å². The van der Waals surface area contributed by atoms with E-state index in [1.807, 2.05) is 0 Å². The molecule has 3 heterocycles. The zero-order valence-corrected chi connectivity index (χ0v) is 14.3. The van der Waals surface area contributed by atoms with Gasteiger partial charge in [-0.15, -0.1) is 0 Å². The molecule has 4 rings (SSSR count). The van der Waals surface area contributed by atoms with E-state index in [0.29, 0.717) is 22.5 Å². The van der Waals surface area contributed by atoms with Crippen molar-refractivity contribution in [3.8, 4) is 5.75 Å². The molecule has 0 amide bonds. The molecular formula is C18H16O8. The van der Waals surface area contributed by atoms with Gasteiger partial charge in [0.25, 0.3) is 0 Å². The topological polar surface area (TPSA) is 93.4 Å². The fourth-order valence-corrected chi connectivity index (χ4v) is 3.08. The molecule has 2 unspecified atom stereocenters. The van der Waals surface area contributed by atoms with Crippen LogP contribution in [0.1, 0.15) is 13.8 Å². The number of methoxy groups -OCH3 is 1. The summed E-state index contributed by atoms with van der Waals surface area (Å²) in [5.41, 5.74) is -0.879. The van der Waals surface area contributed by atoms with Crippen LogP contribution in [0.15, 0.2) is 51.1 Å². The van der Waals surface area contributed by atoms with E-state index in [-0.39, 0.29) is 5.76 Å². The minimum Gasteiger partial charge on any atom is -0.494 e. The molecule has 1 aromatic heterocycles. The van der Waals surface area contributed by atoms with Gasteiger partial charge in [-0.3, -0.25) is 0 Å². The summed E-state index contributed by atoms with van der Waals surface area (Å²) >= 11 is 0. The molecule has 1 aromatic carbocycles. The summed E-state index contributed by atoms with van der Waals surface area (Å²) in [4.78, 5) is 22.9. The molecule has 136 valence electrons. The van der Waals surface area contributed by atoms with Crippen molar-refractivity contribution in [2.45, 2.75) is 31.8 Å². The summed E-state index contributed by atoms with van der Waals surface area (Å²) in [6, 6.07) is 7.90. The molecule has 0 N–H and O–H groups in total. The second-order valence-corrected chi connectivity index (χ2v) is 6.36. The van der Waals surface area contributed by atoms with Crippen LogP contribution in [0, 0.1) is 0 Å². The number of carbonyl (C=O) groups is 1. The van der Waals surface area contributed by atoms with E-state index in [1.165, 1.54) is 13.2 Å². The van der Waals surface area contributed by atoms with Crippen molar-refractivity contribution in [2.24, 2.45) is 0 Å². The van der Waals surface area contributed by atoms with Gasteiger partial charge in [-0.2, -0.15) is 0 Å². The summed E-state index contributed by atoms with van der Waals surface area (Å²) in [5.74, 6) is 1.06. The molecule has 0 spiro atoms. The molecule has 8 nitrogen and oxygen atoms in total. The highest BCUT2D eigenvalue weighted by Gasteiger charge is 2.52. The largest absolute Gasteiger partial charge is 0.514 e. The number of carbonyl (C=O) groups excluding carboxylic acids is 1. The number of ether oxygens (including phenoxy) is 5. The molecular weight excluding hydrogens is 344 g/mol. The summed E-state index contributed by atoms with van der Waals surface area (Å²) in [7, 11) is 1.47. The van der Waals surface area contributed by atoms with Crippen LogP contribution in [0.3, 0.4) is 0 Å². The van der Waals surface area contributed by atoms with Gasteiger partial charge in [0.15, 0.2) is 11.5 Å². The van der Waals surface area contributed by atoms with Gasteiger partial charge in [-0.25, -0.2) is 9.59 Å². The lowest BCUT2D eigenvalue weighted by Crippen LogP contribution is -2.48. The van der Waals surface area contributed by atoms with Crippen LogP contribution in [-0.2, 0) is 18.9 Å². The average molecular weight is 360 g/mol. The number of hydrogen-bond acceptors (Lipinski definition) is 8. The maximum absolute atomic E-state index is 11.6. The Labute approximate surface area is 147 Å². The molecule has 0 radical (unpaired) electrons. The van der Waals surface area contributed by atoms with E-state index >= 15 is 0 Å². The zero-order chi connectivity index (χ0) is 18.5. The highest BCUT2D eigenvalue weighted by Crippen LogP contribution is 2.40. The normalized spacial score (nSPS) is 24.0. The van der Waals surface area contributed by atoms with Crippen molar-refractivity contribution in [3.05, 3.63) is 52.3 Å². The third-order valence-electron chi connectivity index (χ3n) is 4.15. The Morgan fingerprint density at radius 2 is 1.92 bits per heavy atom. The number of rotatable bonds is 3. The first-order valence-corrected chi connectivity index (χ1v) is 7.93. The minimum absolute atomic E-state index is 0.241. The molecule has 2 aliphatic heterocycles. The summed E-state index contributed by atoms with van der Waals surface area (Å²) in [5, 5.41) is 0.685. The molecule has 0 aliphatic carbocycles. The van der Waals surface area contributed by atoms with E-state index in [9.17, 15) is 9.59 Å². The Bertz CT molecular complexity index is 971. The van der Waals surface area contributed by atoms with Crippen LogP contribution in [-0.4, -0.2) is 31.3 Å². The van der Waals surface area contributed by atoms with Gasteiger partial charge in [-0.1, -0.05) is 0 Å². The molecule has 0 saturated carbocycles. The van der Waals surface area contributed by atoms with Gasteiger partial charge >= 0.3 is 11.8 Å². The van der Waals surface area contributed by atoms with Gasteiger partial charge in [0.1, 0.15) is 16.9 Å². The number of benzene rings is 1. The Balaban J connectivity index is 1.68. The van der Waals surface area contributed by atoms with Crippen LogP contribution in [0.25, 0.3) is 11.0 Å². The lowest BCUT2D eigenvalue weighted by Gasteiger charge is -2.37. The highest BCUT2D eigenvalue weighted by molar-refractivity contribution is 5.77. The second kappa shape index (κ2) is 5.77. The molecule has 2 atom stereocenters. The lowest BCUT2D eigenvalue weighted by atomic mass is 10.00. The monoisotopic (exact) mass is 360 g/mol. The second-order valence-electron chi connectivity index (χ2n) is 6.36. The van der Waals surface area contributed by atoms with E-state index < -0.39 is 29.8 Å². The summed E-state index contributed by atoms with van der Waals surface area (Å²) in [6.07, 6.45) is -2.65. The summed E-state index contributed by atoms with van der Waals surface area (Å²) in [6.45, 7) is 3.54. The van der Waals surface area contributed by atoms with Gasteiger partial charge in [-0.05, 0) is 38.1 Å². The minimum atomic E-state index is -0.932. The van der Waals surface area contributed by atoms with Gasteiger partial charge < -0.3 is 28.1 Å². The fraction of sp³-hybridized carbons (Fsp3) is 0.333. The Kier molecular flexibility index (Phi) is 3.66. The highest BCUT2D eigenvalue weighted by atomic mass is 16.8. The van der Waals surface area contributed by atoms with Crippen molar-refractivity contribution < 1.29 is 32.9 Å². The van der Waals surface area contributed by atoms with Crippen LogP contribution in [0.5, 0.6) is 5.75 Å². The van der Waals surface area contributed by atoms with Gasteiger partial charge in [0.2, 0.25) is 12.4 Å².